The van der Waals surface area contributed by atoms with Crippen molar-refractivity contribution >= 4 is 23.4 Å². The maximum Gasteiger partial charge on any atom is 0.238 e. The van der Waals surface area contributed by atoms with Crippen LogP contribution in [0.1, 0.15) is 5.56 Å². The normalized spacial score (nSPS) is 10.9. The molecule has 1 aromatic heterocycles. The number of aromatic nitrogens is 2. The number of hydrogen-bond donors (Lipinski definition) is 1. The van der Waals surface area contributed by atoms with Crippen LogP contribution in [0, 0.1) is 0 Å². The minimum absolute atomic E-state index is 0.0102. The molecule has 0 bridgehead atoms. The highest BCUT2D eigenvalue weighted by Crippen LogP contribution is 2.24. The molecule has 0 saturated heterocycles. The van der Waals surface area contributed by atoms with Crippen LogP contribution >= 0.6 is 11.8 Å². The molecule has 3 aromatic rings. The summed E-state index contributed by atoms with van der Waals surface area (Å²) in [5, 5.41) is 2.99. The lowest BCUT2D eigenvalue weighted by atomic mass is 10.2. The molecule has 1 amide bonds. The first kappa shape index (κ1) is 18.2. The number of imidazole rings is 1. The van der Waals surface area contributed by atoms with Crippen LogP contribution in [0.15, 0.2) is 72.1 Å². The summed E-state index contributed by atoms with van der Waals surface area (Å²) in [5.41, 5.74) is 3.09. The second kappa shape index (κ2) is 8.69. The number of para-hydroxylation sites is 1. The number of benzene rings is 2. The lowest BCUT2D eigenvalue weighted by Gasteiger charge is -2.17. The van der Waals surface area contributed by atoms with E-state index in [1.54, 1.807) is 24.3 Å². The van der Waals surface area contributed by atoms with Gasteiger partial charge in [0, 0.05) is 29.5 Å². The third kappa shape index (κ3) is 4.74. The number of likely N-dealkylation sites (N-methyl/N-ethyl adjacent to an activating group) is 1. The Labute approximate surface area is 158 Å². The van der Waals surface area contributed by atoms with Gasteiger partial charge < -0.3 is 9.88 Å². The summed E-state index contributed by atoms with van der Waals surface area (Å²) in [7, 11) is 1.95. The van der Waals surface area contributed by atoms with E-state index in [1.165, 1.54) is 0 Å². The monoisotopic (exact) mass is 366 g/mol. The van der Waals surface area contributed by atoms with E-state index in [-0.39, 0.29) is 5.91 Å². The molecule has 26 heavy (non-hydrogen) atoms. The zero-order valence-corrected chi connectivity index (χ0v) is 15.7. The zero-order valence-electron chi connectivity index (χ0n) is 14.9. The Morgan fingerprint density at radius 2 is 1.96 bits per heavy atom. The van der Waals surface area contributed by atoms with E-state index in [1.807, 2.05) is 53.2 Å². The molecule has 0 aliphatic rings. The molecule has 5 nitrogen and oxygen atoms in total. The first-order chi connectivity index (χ1) is 12.7. The van der Waals surface area contributed by atoms with Gasteiger partial charge in [-0.05, 0) is 43.1 Å². The number of hydrogen-bond acceptors (Lipinski definition) is 4. The van der Waals surface area contributed by atoms with Gasteiger partial charge in [0.1, 0.15) is 0 Å². The number of carbonyl (C=O) groups excluding carboxylic acids is 1. The Morgan fingerprint density at radius 3 is 2.65 bits per heavy atom. The maximum absolute atomic E-state index is 12.3. The van der Waals surface area contributed by atoms with Gasteiger partial charge in [-0.1, -0.05) is 24.3 Å². The third-order valence-electron chi connectivity index (χ3n) is 3.99. The second-order valence-corrected chi connectivity index (χ2v) is 6.91. The van der Waals surface area contributed by atoms with Gasteiger partial charge in [-0.15, -0.1) is 11.8 Å². The molecule has 2 aromatic carbocycles. The van der Waals surface area contributed by atoms with E-state index in [0.717, 1.165) is 21.8 Å². The summed E-state index contributed by atoms with van der Waals surface area (Å²) in [6.45, 7) is 1.05. The van der Waals surface area contributed by atoms with Gasteiger partial charge in [0.05, 0.1) is 18.6 Å². The Kier molecular flexibility index (Phi) is 6.09. The van der Waals surface area contributed by atoms with Crippen LogP contribution in [-0.4, -0.2) is 40.2 Å². The van der Waals surface area contributed by atoms with Crippen LogP contribution in [0.3, 0.4) is 0 Å². The number of rotatable bonds is 7. The van der Waals surface area contributed by atoms with Crippen molar-refractivity contribution in [2.24, 2.45) is 0 Å². The quantitative estimate of drug-likeness (QED) is 0.648. The molecule has 0 aliphatic heterocycles. The lowest BCUT2D eigenvalue weighted by Crippen LogP contribution is -2.30. The van der Waals surface area contributed by atoms with Gasteiger partial charge in [-0.3, -0.25) is 9.69 Å². The number of anilines is 1. The molecular weight excluding hydrogens is 344 g/mol. The number of thioether (sulfide) groups is 1. The van der Waals surface area contributed by atoms with Crippen molar-refractivity contribution in [3.8, 4) is 5.69 Å². The smallest absolute Gasteiger partial charge is 0.238 e. The molecular formula is C20H22N4OS. The Bertz CT molecular complexity index is 847. The average molecular weight is 366 g/mol. The molecule has 0 aliphatic carbocycles. The Hall–Kier alpha value is -2.57. The van der Waals surface area contributed by atoms with Crippen molar-refractivity contribution in [1.82, 2.24) is 14.5 Å². The van der Waals surface area contributed by atoms with E-state index >= 15 is 0 Å². The van der Waals surface area contributed by atoms with Crippen molar-refractivity contribution in [3.05, 3.63) is 72.8 Å². The standard InChI is InChI=1S/C20H22N4OS/c1-23(14-20(25)22-18-5-3-4-6-19(18)26-2)13-16-7-9-17(10-8-16)24-12-11-21-15-24/h3-12,15H,13-14H2,1-2H3,(H,22,25). The van der Waals surface area contributed by atoms with Crippen LogP contribution in [0.5, 0.6) is 0 Å². The van der Waals surface area contributed by atoms with Gasteiger partial charge in [0.25, 0.3) is 0 Å². The first-order valence-electron chi connectivity index (χ1n) is 8.34. The van der Waals surface area contributed by atoms with Gasteiger partial charge in [-0.25, -0.2) is 4.98 Å². The molecule has 0 atom stereocenters. The van der Waals surface area contributed by atoms with Crippen molar-refractivity contribution < 1.29 is 4.79 Å². The van der Waals surface area contributed by atoms with E-state index in [4.69, 9.17) is 0 Å². The first-order valence-corrected chi connectivity index (χ1v) is 9.57. The summed E-state index contributed by atoms with van der Waals surface area (Å²) in [6.07, 6.45) is 7.45. The average Bonchev–Trinajstić information content (AvgIpc) is 3.17. The van der Waals surface area contributed by atoms with E-state index in [2.05, 4.69) is 34.6 Å². The molecule has 0 unspecified atom stereocenters. The molecule has 0 fully saturated rings. The summed E-state index contributed by atoms with van der Waals surface area (Å²) >= 11 is 1.62. The van der Waals surface area contributed by atoms with E-state index in [9.17, 15) is 4.79 Å². The minimum atomic E-state index is -0.0102. The highest BCUT2D eigenvalue weighted by atomic mass is 32.2. The van der Waals surface area contributed by atoms with Crippen molar-refractivity contribution in [2.45, 2.75) is 11.4 Å². The molecule has 1 N–H and O–H groups in total. The largest absolute Gasteiger partial charge is 0.324 e. The Morgan fingerprint density at radius 1 is 1.19 bits per heavy atom. The summed E-state index contributed by atoms with van der Waals surface area (Å²) in [6, 6.07) is 16.1. The molecule has 0 saturated carbocycles. The fraction of sp³-hybridized carbons (Fsp3) is 0.200. The SMILES string of the molecule is CSc1ccccc1NC(=O)CN(C)Cc1ccc(-n2ccnc2)cc1. The van der Waals surface area contributed by atoms with Crippen LogP contribution in [0.2, 0.25) is 0 Å². The van der Waals surface area contributed by atoms with Gasteiger partial charge in [0.15, 0.2) is 0 Å². The van der Waals surface area contributed by atoms with Crippen LogP contribution < -0.4 is 5.32 Å². The van der Waals surface area contributed by atoms with Crippen LogP contribution in [0.25, 0.3) is 5.69 Å². The van der Waals surface area contributed by atoms with E-state index in [0.29, 0.717) is 13.1 Å². The third-order valence-corrected chi connectivity index (χ3v) is 4.78. The fourth-order valence-corrected chi connectivity index (χ4v) is 3.29. The number of nitrogens with zero attached hydrogens (tertiary/aromatic N) is 3. The number of nitrogens with one attached hydrogen (secondary N) is 1. The topological polar surface area (TPSA) is 50.2 Å². The van der Waals surface area contributed by atoms with Crippen molar-refractivity contribution in [2.75, 3.05) is 25.2 Å². The second-order valence-electron chi connectivity index (χ2n) is 6.06. The van der Waals surface area contributed by atoms with E-state index < -0.39 is 0 Å². The molecule has 134 valence electrons. The summed E-state index contributed by atoms with van der Waals surface area (Å²) in [5.74, 6) is -0.0102. The molecule has 6 heteroatoms. The summed E-state index contributed by atoms with van der Waals surface area (Å²) in [4.78, 5) is 19.4. The number of carbonyl (C=O) groups is 1. The van der Waals surface area contributed by atoms with Crippen LogP contribution in [0.4, 0.5) is 5.69 Å². The minimum Gasteiger partial charge on any atom is -0.324 e. The molecule has 3 rings (SSSR count). The van der Waals surface area contributed by atoms with Crippen molar-refractivity contribution in [3.63, 3.8) is 0 Å². The molecule has 0 spiro atoms. The van der Waals surface area contributed by atoms with Crippen LogP contribution in [-0.2, 0) is 11.3 Å². The van der Waals surface area contributed by atoms with Crippen molar-refractivity contribution in [1.29, 1.82) is 0 Å². The van der Waals surface area contributed by atoms with Gasteiger partial charge >= 0.3 is 0 Å². The maximum atomic E-state index is 12.3. The predicted molar refractivity (Wildman–Crippen MR) is 107 cm³/mol. The predicted octanol–water partition coefficient (Wildman–Crippen LogP) is 3.66. The fourth-order valence-electron chi connectivity index (χ4n) is 2.74. The Balaban J connectivity index is 1.55. The number of amides is 1. The molecule has 1 heterocycles. The molecule has 0 radical (unpaired) electrons. The zero-order chi connectivity index (χ0) is 18.4. The summed E-state index contributed by atoms with van der Waals surface area (Å²) < 4.78 is 1.96. The lowest BCUT2D eigenvalue weighted by molar-refractivity contribution is -0.117. The van der Waals surface area contributed by atoms with Gasteiger partial charge in [-0.2, -0.15) is 0 Å². The highest BCUT2D eigenvalue weighted by Gasteiger charge is 2.10. The highest BCUT2D eigenvalue weighted by molar-refractivity contribution is 7.98. The van der Waals surface area contributed by atoms with Gasteiger partial charge in [0.2, 0.25) is 5.91 Å².